The predicted octanol–water partition coefficient (Wildman–Crippen LogP) is 3.25. The molecule has 162 valence electrons. The van der Waals surface area contributed by atoms with E-state index in [-0.39, 0.29) is 6.03 Å². The summed E-state index contributed by atoms with van der Waals surface area (Å²) >= 11 is 0. The Morgan fingerprint density at radius 3 is 2.19 bits per heavy atom. The molecule has 9 heteroatoms. The summed E-state index contributed by atoms with van der Waals surface area (Å²) in [6.45, 7) is 0.766. The third-order valence-corrected chi connectivity index (χ3v) is 4.08. The molecule has 31 heavy (non-hydrogen) atoms. The molecule has 0 spiro atoms. The normalized spacial score (nSPS) is 10.4. The van der Waals surface area contributed by atoms with E-state index in [1.54, 1.807) is 0 Å². The van der Waals surface area contributed by atoms with Gasteiger partial charge in [0.25, 0.3) is 0 Å². The van der Waals surface area contributed by atoms with Crippen LogP contribution in [-0.2, 0) is 23.2 Å². The van der Waals surface area contributed by atoms with Crippen LogP contribution in [0.1, 0.15) is 5.56 Å². The van der Waals surface area contributed by atoms with Crippen LogP contribution in [0.15, 0.2) is 66.9 Å². The quantitative estimate of drug-likeness (QED) is 0.386. The maximum Gasteiger partial charge on any atom is 0.328 e. The molecule has 2 aromatic carbocycles. The van der Waals surface area contributed by atoms with Crippen LogP contribution in [0.2, 0.25) is 0 Å². The van der Waals surface area contributed by atoms with Gasteiger partial charge < -0.3 is 30.7 Å². The highest BCUT2D eigenvalue weighted by Gasteiger charge is 2.05. The summed E-state index contributed by atoms with van der Waals surface area (Å²) in [5, 5.41) is 25.5. The van der Waals surface area contributed by atoms with Crippen molar-refractivity contribution in [2.75, 3.05) is 17.7 Å². The van der Waals surface area contributed by atoms with E-state index in [1.807, 2.05) is 73.4 Å². The fourth-order valence-corrected chi connectivity index (χ4v) is 2.76. The van der Waals surface area contributed by atoms with Gasteiger partial charge in [-0.05, 0) is 49.0 Å². The number of benzene rings is 2. The molecule has 1 heterocycles. The van der Waals surface area contributed by atoms with E-state index in [1.165, 1.54) is 0 Å². The molecule has 0 fully saturated rings. The summed E-state index contributed by atoms with van der Waals surface area (Å²) in [5.74, 6) is -2.51. The minimum absolute atomic E-state index is 0.248. The molecule has 0 saturated carbocycles. The number of aromatic nitrogens is 1. The molecule has 0 unspecified atom stereocenters. The maximum atomic E-state index is 12.1. The van der Waals surface area contributed by atoms with Crippen molar-refractivity contribution in [3.63, 3.8) is 0 Å². The lowest BCUT2D eigenvalue weighted by Gasteiger charge is -2.09. The minimum atomic E-state index is -1.26. The van der Waals surface area contributed by atoms with Gasteiger partial charge in [-0.2, -0.15) is 0 Å². The molecule has 0 atom stereocenters. The van der Waals surface area contributed by atoms with Crippen molar-refractivity contribution in [1.29, 1.82) is 0 Å². The van der Waals surface area contributed by atoms with Crippen LogP contribution in [0, 0.1) is 0 Å². The number of hydrogen-bond acceptors (Lipinski definition) is 4. The number of carbonyl (C=O) groups is 3. The third kappa shape index (κ3) is 7.67. The molecule has 0 aliphatic rings. The molecule has 9 nitrogen and oxygen atoms in total. The van der Waals surface area contributed by atoms with Crippen molar-refractivity contribution in [2.45, 2.75) is 6.54 Å². The number of aliphatic carboxylic acids is 2. The second kappa shape index (κ2) is 11.2. The number of fused-ring (bicyclic) bond motifs is 1. The summed E-state index contributed by atoms with van der Waals surface area (Å²) in [6, 6.07) is 15.4. The monoisotopic (exact) mass is 424 g/mol. The fraction of sp³-hybridized carbons (Fsp3) is 0.136. The Hall–Kier alpha value is -4.11. The van der Waals surface area contributed by atoms with Crippen molar-refractivity contribution >= 4 is 40.2 Å². The zero-order valence-corrected chi connectivity index (χ0v) is 17.1. The molecule has 2 amide bonds. The van der Waals surface area contributed by atoms with Crippen molar-refractivity contribution in [2.24, 2.45) is 7.05 Å². The Kier molecular flexibility index (Phi) is 8.35. The number of anilines is 2. The minimum Gasteiger partial charge on any atom is -0.478 e. The number of nitrogens with zero attached hydrogens (tertiary/aromatic N) is 1. The summed E-state index contributed by atoms with van der Waals surface area (Å²) in [5.41, 5.74) is 3.80. The number of nitrogens with one attached hydrogen (secondary N) is 3. The van der Waals surface area contributed by atoms with Gasteiger partial charge in [0.1, 0.15) is 0 Å². The number of carboxylic acid groups (broad SMARTS) is 2. The smallest absolute Gasteiger partial charge is 0.328 e. The molecule has 0 bridgehead atoms. The predicted molar refractivity (Wildman–Crippen MR) is 119 cm³/mol. The van der Waals surface area contributed by atoms with E-state index >= 15 is 0 Å². The summed E-state index contributed by atoms with van der Waals surface area (Å²) in [7, 11) is 3.90. The zero-order valence-electron chi connectivity index (χ0n) is 17.1. The fourth-order valence-electron chi connectivity index (χ4n) is 2.76. The Morgan fingerprint density at radius 2 is 1.58 bits per heavy atom. The summed E-state index contributed by atoms with van der Waals surface area (Å²) < 4.78 is 2.05. The molecule has 0 saturated heterocycles. The summed E-state index contributed by atoms with van der Waals surface area (Å²) in [6.07, 6.45) is 3.12. The average Bonchev–Trinajstić information content (AvgIpc) is 3.07. The highest BCUT2D eigenvalue weighted by Crippen LogP contribution is 2.20. The number of urea groups is 1. The van der Waals surface area contributed by atoms with E-state index in [9.17, 15) is 14.4 Å². The van der Waals surface area contributed by atoms with E-state index < -0.39 is 11.9 Å². The van der Waals surface area contributed by atoms with Crippen LogP contribution in [-0.4, -0.2) is 39.8 Å². The largest absolute Gasteiger partial charge is 0.478 e. The Bertz CT molecular complexity index is 1090. The SMILES string of the molecule is CNCc1cccc(NC(=O)Nc2ccc3c(ccn3C)c2)c1.O=C(O)C=CC(=O)O. The second-order valence-electron chi connectivity index (χ2n) is 6.52. The highest BCUT2D eigenvalue weighted by atomic mass is 16.4. The zero-order chi connectivity index (χ0) is 22.8. The van der Waals surface area contributed by atoms with Crippen molar-refractivity contribution in [3.05, 3.63) is 72.4 Å². The lowest BCUT2D eigenvalue weighted by atomic mass is 10.2. The van der Waals surface area contributed by atoms with E-state index in [0.29, 0.717) is 12.2 Å². The Labute approximate surface area is 179 Å². The van der Waals surface area contributed by atoms with Gasteiger partial charge in [0.05, 0.1) is 0 Å². The lowest BCUT2D eigenvalue weighted by Crippen LogP contribution is -2.19. The van der Waals surface area contributed by atoms with Gasteiger partial charge in [-0.3, -0.25) is 0 Å². The van der Waals surface area contributed by atoms with E-state index in [4.69, 9.17) is 10.2 Å². The molecule has 0 aliphatic carbocycles. The average molecular weight is 424 g/mol. The summed E-state index contributed by atoms with van der Waals surface area (Å²) in [4.78, 5) is 31.3. The molecular weight excluding hydrogens is 400 g/mol. The van der Waals surface area contributed by atoms with Crippen molar-refractivity contribution in [1.82, 2.24) is 9.88 Å². The number of aryl methyl sites for hydroxylation is 1. The number of rotatable bonds is 6. The first-order chi connectivity index (χ1) is 14.8. The lowest BCUT2D eigenvalue weighted by molar-refractivity contribution is -0.134. The molecule has 5 N–H and O–H groups in total. The van der Waals surface area contributed by atoms with E-state index in [2.05, 4.69) is 16.0 Å². The number of amides is 2. The van der Waals surface area contributed by atoms with Gasteiger partial charge in [-0.1, -0.05) is 12.1 Å². The Morgan fingerprint density at radius 1 is 0.935 bits per heavy atom. The number of hydrogen-bond donors (Lipinski definition) is 5. The molecule has 0 radical (unpaired) electrons. The van der Waals surface area contributed by atoms with Crippen LogP contribution >= 0.6 is 0 Å². The Balaban J connectivity index is 0.000000366. The highest BCUT2D eigenvalue weighted by molar-refractivity contribution is 6.01. The molecular formula is C22H24N4O5. The topological polar surface area (TPSA) is 133 Å². The molecule has 0 aliphatic heterocycles. The molecule has 3 rings (SSSR count). The first-order valence-corrected chi connectivity index (χ1v) is 9.29. The van der Waals surface area contributed by atoms with Crippen LogP contribution in [0.25, 0.3) is 10.9 Å². The van der Waals surface area contributed by atoms with Crippen LogP contribution < -0.4 is 16.0 Å². The first-order valence-electron chi connectivity index (χ1n) is 9.29. The third-order valence-electron chi connectivity index (χ3n) is 4.08. The second-order valence-corrected chi connectivity index (χ2v) is 6.52. The van der Waals surface area contributed by atoms with Gasteiger partial charge >= 0.3 is 18.0 Å². The maximum absolute atomic E-state index is 12.1. The van der Waals surface area contributed by atoms with Gasteiger partial charge in [0.15, 0.2) is 0 Å². The van der Waals surface area contributed by atoms with Gasteiger partial charge in [0.2, 0.25) is 0 Å². The van der Waals surface area contributed by atoms with E-state index in [0.717, 1.165) is 34.4 Å². The first kappa shape index (κ1) is 23.2. The van der Waals surface area contributed by atoms with Crippen LogP contribution in [0.5, 0.6) is 0 Å². The van der Waals surface area contributed by atoms with Gasteiger partial charge in [-0.25, -0.2) is 14.4 Å². The van der Waals surface area contributed by atoms with Crippen LogP contribution in [0.3, 0.4) is 0 Å². The number of carbonyl (C=O) groups excluding carboxylic acids is 1. The standard InChI is InChI=1S/C18H20N4O.C4H4O4/c1-19-12-13-4-3-5-15(10-13)20-18(23)21-16-6-7-17-14(11-16)8-9-22(17)2;5-3(6)1-2-4(7)8/h3-11,19H,12H2,1-2H3,(H2,20,21,23);1-2H,(H,5,6)(H,7,8). The molecule has 3 aromatic rings. The van der Waals surface area contributed by atoms with Crippen molar-refractivity contribution in [3.8, 4) is 0 Å². The molecule has 1 aromatic heterocycles. The van der Waals surface area contributed by atoms with Gasteiger partial charge in [0, 0.05) is 54.2 Å². The van der Waals surface area contributed by atoms with Gasteiger partial charge in [-0.15, -0.1) is 0 Å². The van der Waals surface area contributed by atoms with Crippen molar-refractivity contribution < 1.29 is 24.6 Å². The van der Waals surface area contributed by atoms with Crippen LogP contribution in [0.4, 0.5) is 16.2 Å². The number of carboxylic acids is 2.